The summed E-state index contributed by atoms with van der Waals surface area (Å²) in [6.07, 6.45) is 5.66. The van der Waals surface area contributed by atoms with E-state index in [1.54, 1.807) is 14.2 Å². The van der Waals surface area contributed by atoms with E-state index in [1.165, 1.54) is 0 Å². The van der Waals surface area contributed by atoms with Crippen molar-refractivity contribution in [1.29, 1.82) is 0 Å². The molecule has 3 nitrogen and oxygen atoms in total. The minimum absolute atomic E-state index is 0.124. The molecule has 0 aromatic heterocycles. The fraction of sp³-hybridized carbons (Fsp3) is 0.346. The highest BCUT2D eigenvalue weighted by molar-refractivity contribution is 6.14. The second-order valence-electron chi connectivity index (χ2n) is 8.69. The number of rotatable bonds is 4. The molecule has 0 amide bonds. The number of hydrogen-bond donors (Lipinski definition) is 0. The van der Waals surface area contributed by atoms with Gasteiger partial charge >= 0.3 is 0 Å². The molecule has 1 fully saturated rings. The van der Waals surface area contributed by atoms with Crippen LogP contribution in [0.25, 0.3) is 12.2 Å². The van der Waals surface area contributed by atoms with Gasteiger partial charge in [-0.3, -0.25) is 4.79 Å². The van der Waals surface area contributed by atoms with Crippen LogP contribution in [0, 0.1) is 11.3 Å². The Hall–Kier alpha value is -2.81. The molecule has 2 aromatic carbocycles. The molecule has 0 heterocycles. The third-order valence-electron chi connectivity index (χ3n) is 5.65. The van der Waals surface area contributed by atoms with Crippen LogP contribution in [0.3, 0.4) is 0 Å². The smallest absolute Gasteiger partial charge is 0.185 e. The minimum Gasteiger partial charge on any atom is -0.497 e. The van der Waals surface area contributed by atoms with Gasteiger partial charge in [0.1, 0.15) is 11.5 Å². The number of methoxy groups -OCH3 is 2. The van der Waals surface area contributed by atoms with Crippen LogP contribution < -0.4 is 9.47 Å². The van der Waals surface area contributed by atoms with Gasteiger partial charge in [0, 0.05) is 11.1 Å². The van der Waals surface area contributed by atoms with Crippen molar-refractivity contribution in [3.8, 4) is 11.5 Å². The van der Waals surface area contributed by atoms with Gasteiger partial charge in [0.15, 0.2) is 5.78 Å². The number of allylic oxidation sites excluding steroid dienone is 2. The predicted molar refractivity (Wildman–Crippen MR) is 119 cm³/mol. The normalized spacial score (nSPS) is 20.2. The quantitative estimate of drug-likeness (QED) is 0.583. The molecule has 0 aliphatic heterocycles. The molecule has 0 N–H and O–H groups in total. The Morgan fingerprint density at radius 2 is 1.14 bits per heavy atom. The molecule has 1 aliphatic carbocycles. The van der Waals surface area contributed by atoms with Gasteiger partial charge in [-0.05, 0) is 71.7 Å². The molecule has 3 rings (SSSR count). The zero-order valence-corrected chi connectivity index (χ0v) is 18.0. The lowest BCUT2D eigenvalue weighted by Crippen LogP contribution is -2.29. The minimum atomic E-state index is 0.124. The summed E-state index contributed by atoms with van der Waals surface area (Å²) in [4.78, 5) is 13.3. The molecule has 1 unspecified atom stereocenters. The zero-order valence-electron chi connectivity index (χ0n) is 18.0. The second kappa shape index (κ2) is 8.69. The number of benzene rings is 2. The molecular weight excluding hydrogens is 360 g/mol. The molecule has 0 spiro atoms. The van der Waals surface area contributed by atoms with Gasteiger partial charge in [0.05, 0.1) is 14.2 Å². The summed E-state index contributed by atoms with van der Waals surface area (Å²) in [5.74, 6) is 2.19. The molecule has 1 saturated carbocycles. The van der Waals surface area contributed by atoms with Crippen molar-refractivity contribution in [3.63, 3.8) is 0 Å². The molecule has 1 aliphatic rings. The first-order valence-electron chi connectivity index (χ1n) is 10.0. The van der Waals surface area contributed by atoms with Crippen molar-refractivity contribution >= 4 is 17.9 Å². The third-order valence-corrected chi connectivity index (χ3v) is 5.65. The molecule has 0 bridgehead atoms. The van der Waals surface area contributed by atoms with E-state index in [0.29, 0.717) is 5.92 Å². The van der Waals surface area contributed by atoms with Gasteiger partial charge in [0.2, 0.25) is 0 Å². The lowest BCUT2D eigenvalue weighted by Gasteiger charge is -2.35. The van der Waals surface area contributed by atoms with Crippen molar-refractivity contribution in [2.24, 2.45) is 11.3 Å². The van der Waals surface area contributed by atoms with Crippen LogP contribution in [0.5, 0.6) is 11.5 Å². The van der Waals surface area contributed by atoms with Gasteiger partial charge < -0.3 is 9.47 Å². The third kappa shape index (κ3) is 5.17. The first-order valence-corrected chi connectivity index (χ1v) is 10.0. The van der Waals surface area contributed by atoms with Crippen LogP contribution in [0.4, 0.5) is 0 Å². The number of carbonyl (C=O) groups excluding carboxylic acids is 1. The van der Waals surface area contributed by atoms with Gasteiger partial charge in [-0.15, -0.1) is 0 Å². The second-order valence-corrected chi connectivity index (χ2v) is 8.69. The fourth-order valence-electron chi connectivity index (χ4n) is 3.66. The number of Topliss-reactive ketones (excluding diaryl/α,β-unsaturated/α-hetero) is 1. The standard InChI is InChI=1S/C26H30O3/c1-26(2,3)22-16-20(14-18-6-10-23(28-4)11-7-18)25(27)21(17-22)15-19-8-12-24(29-5)13-9-19/h6-15,22H,16-17H2,1-5H3/b20-14-,21-15?. The van der Waals surface area contributed by atoms with Crippen LogP contribution in [0.2, 0.25) is 0 Å². The van der Waals surface area contributed by atoms with Crippen LogP contribution in [0.15, 0.2) is 59.7 Å². The largest absolute Gasteiger partial charge is 0.497 e. The predicted octanol–water partition coefficient (Wildman–Crippen LogP) is 6.20. The molecular formula is C26H30O3. The van der Waals surface area contributed by atoms with Crippen molar-refractivity contribution in [1.82, 2.24) is 0 Å². The SMILES string of the molecule is COc1ccc(C=C2CC(C(C)(C)C)C/C(=C/c3ccc(OC)cc3)C2=O)cc1. The zero-order chi connectivity index (χ0) is 21.0. The van der Waals surface area contributed by atoms with Crippen molar-refractivity contribution in [2.45, 2.75) is 33.6 Å². The summed E-state index contributed by atoms with van der Waals surface area (Å²) < 4.78 is 10.5. The van der Waals surface area contributed by atoms with Gasteiger partial charge in [-0.1, -0.05) is 45.0 Å². The van der Waals surface area contributed by atoms with Crippen LogP contribution in [-0.2, 0) is 4.79 Å². The van der Waals surface area contributed by atoms with Crippen molar-refractivity contribution in [3.05, 3.63) is 70.8 Å². The Morgan fingerprint density at radius 1 is 0.759 bits per heavy atom. The molecule has 0 saturated heterocycles. The van der Waals surface area contributed by atoms with E-state index in [9.17, 15) is 4.79 Å². The summed E-state index contributed by atoms with van der Waals surface area (Å²) in [5, 5.41) is 0. The van der Waals surface area contributed by atoms with E-state index in [-0.39, 0.29) is 11.2 Å². The first kappa shape index (κ1) is 20.9. The van der Waals surface area contributed by atoms with Crippen molar-refractivity contribution < 1.29 is 14.3 Å². The Bertz CT molecular complexity index is 840. The highest BCUT2D eigenvalue weighted by atomic mass is 16.5. The summed E-state index contributed by atoms with van der Waals surface area (Å²) in [6.45, 7) is 6.76. The molecule has 152 valence electrons. The monoisotopic (exact) mass is 390 g/mol. The molecule has 2 aromatic rings. The maximum absolute atomic E-state index is 13.3. The molecule has 29 heavy (non-hydrogen) atoms. The van der Waals surface area contributed by atoms with E-state index in [4.69, 9.17) is 9.47 Å². The Labute approximate surface area is 174 Å². The Kier molecular flexibility index (Phi) is 6.26. The average Bonchev–Trinajstić information content (AvgIpc) is 2.71. The maximum Gasteiger partial charge on any atom is 0.185 e. The van der Waals surface area contributed by atoms with E-state index in [2.05, 4.69) is 20.8 Å². The summed E-state index contributed by atoms with van der Waals surface area (Å²) in [6, 6.07) is 15.7. The lowest BCUT2D eigenvalue weighted by atomic mass is 9.68. The number of ether oxygens (including phenoxy) is 2. The van der Waals surface area contributed by atoms with E-state index < -0.39 is 0 Å². The Morgan fingerprint density at radius 3 is 1.45 bits per heavy atom. The topological polar surface area (TPSA) is 35.5 Å². The number of ketones is 1. The summed E-state index contributed by atoms with van der Waals surface area (Å²) in [7, 11) is 3.31. The summed E-state index contributed by atoms with van der Waals surface area (Å²) in [5.41, 5.74) is 3.92. The van der Waals surface area contributed by atoms with E-state index >= 15 is 0 Å². The van der Waals surface area contributed by atoms with Crippen molar-refractivity contribution in [2.75, 3.05) is 14.2 Å². The summed E-state index contributed by atoms with van der Waals surface area (Å²) >= 11 is 0. The molecule has 0 radical (unpaired) electrons. The van der Waals surface area contributed by atoms with Gasteiger partial charge in [-0.25, -0.2) is 0 Å². The van der Waals surface area contributed by atoms with E-state index in [0.717, 1.165) is 46.6 Å². The highest BCUT2D eigenvalue weighted by Gasteiger charge is 2.34. The fourth-order valence-corrected chi connectivity index (χ4v) is 3.66. The van der Waals surface area contributed by atoms with Crippen LogP contribution >= 0.6 is 0 Å². The number of hydrogen-bond acceptors (Lipinski definition) is 3. The Balaban J connectivity index is 1.96. The molecule has 3 heteroatoms. The van der Waals surface area contributed by atoms with Crippen LogP contribution in [0.1, 0.15) is 44.7 Å². The first-order chi connectivity index (χ1) is 13.8. The highest BCUT2D eigenvalue weighted by Crippen LogP contribution is 2.42. The maximum atomic E-state index is 13.3. The average molecular weight is 391 g/mol. The number of carbonyl (C=O) groups is 1. The van der Waals surface area contributed by atoms with Gasteiger partial charge in [-0.2, -0.15) is 0 Å². The van der Waals surface area contributed by atoms with Gasteiger partial charge in [0.25, 0.3) is 0 Å². The molecule has 1 atom stereocenters. The lowest BCUT2D eigenvalue weighted by molar-refractivity contribution is -0.113. The van der Waals surface area contributed by atoms with E-state index in [1.807, 2.05) is 60.7 Å². The van der Waals surface area contributed by atoms with Crippen LogP contribution in [-0.4, -0.2) is 20.0 Å².